The Balaban J connectivity index is 1.43. The molecule has 3 rings (SSSR count). The fourth-order valence-electron chi connectivity index (χ4n) is 3.09. The van der Waals surface area contributed by atoms with Gasteiger partial charge in [-0.15, -0.1) is 0 Å². The molecule has 0 radical (unpaired) electrons. The maximum Gasteiger partial charge on any atom is 0.409 e. The molecule has 2 heterocycles. The van der Waals surface area contributed by atoms with Crippen molar-refractivity contribution in [2.45, 2.75) is 26.7 Å². The summed E-state index contributed by atoms with van der Waals surface area (Å²) in [7, 11) is 0. The van der Waals surface area contributed by atoms with Gasteiger partial charge in [0.15, 0.2) is 0 Å². The number of aromatic nitrogens is 1. The van der Waals surface area contributed by atoms with E-state index in [2.05, 4.69) is 20.9 Å². The molecule has 1 aromatic carbocycles. The van der Waals surface area contributed by atoms with Crippen molar-refractivity contribution in [2.75, 3.05) is 26.3 Å². The average Bonchev–Trinajstić information content (AvgIpc) is 2.72. The summed E-state index contributed by atoms with van der Waals surface area (Å²) in [5.41, 5.74) is 2.00. The molecule has 0 unspecified atom stereocenters. The summed E-state index contributed by atoms with van der Waals surface area (Å²) in [6, 6.07) is 12.0. The van der Waals surface area contributed by atoms with Crippen molar-refractivity contribution in [3.8, 4) is 17.0 Å². The third kappa shape index (κ3) is 5.96. The molecule has 5 nitrogen and oxygen atoms in total. The standard InChI is InChI=1S/C22H27BrN2O3/c1-16(2)14-28-22(26)25-11-9-17(10-12-25)15-27-20-6-3-18(4-7-20)21-8-5-19(23)13-24-21/h3-8,13,16-17H,9-12,14-15H2,1-2H3. The van der Waals surface area contributed by atoms with Crippen LogP contribution in [0, 0.1) is 11.8 Å². The molecule has 0 N–H and O–H groups in total. The maximum atomic E-state index is 12.0. The summed E-state index contributed by atoms with van der Waals surface area (Å²) in [5.74, 6) is 1.68. The number of nitrogens with zero attached hydrogens (tertiary/aromatic N) is 2. The van der Waals surface area contributed by atoms with Crippen molar-refractivity contribution in [1.82, 2.24) is 9.88 Å². The second-order valence-corrected chi connectivity index (χ2v) is 8.51. The van der Waals surface area contributed by atoms with Crippen molar-refractivity contribution in [1.29, 1.82) is 0 Å². The number of ether oxygens (including phenoxy) is 2. The average molecular weight is 447 g/mol. The van der Waals surface area contributed by atoms with E-state index in [1.165, 1.54) is 0 Å². The number of benzene rings is 1. The van der Waals surface area contributed by atoms with Crippen molar-refractivity contribution in [2.24, 2.45) is 11.8 Å². The summed E-state index contributed by atoms with van der Waals surface area (Å²) in [6.07, 6.45) is 3.49. The normalized spacial score (nSPS) is 14.9. The van der Waals surface area contributed by atoms with Crippen molar-refractivity contribution in [3.05, 3.63) is 47.1 Å². The molecule has 1 amide bonds. The van der Waals surface area contributed by atoms with E-state index in [-0.39, 0.29) is 6.09 Å². The number of carbonyl (C=O) groups is 1. The molecule has 6 heteroatoms. The van der Waals surface area contributed by atoms with Gasteiger partial charge in [-0.2, -0.15) is 0 Å². The van der Waals surface area contributed by atoms with Crippen LogP contribution in [0.2, 0.25) is 0 Å². The Morgan fingerprint density at radius 2 is 1.89 bits per heavy atom. The summed E-state index contributed by atoms with van der Waals surface area (Å²) in [4.78, 5) is 18.2. The number of piperidine rings is 1. The molecule has 1 aromatic heterocycles. The Hall–Kier alpha value is -2.08. The largest absolute Gasteiger partial charge is 0.493 e. The zero-order valence-corrected chi connectivity index (χ0v) is 18.0. The third-order valence-electron chi connectivity index (χ3n) is 4.78. The van der Waals surface area contributed by atoms with Crippen LogP contribution >= 0.6 is 15.9 Å². The second-order valence-electron chi connectivity index (χ2n) is 7.60. The van der Waals surface area contributed by atoms with Crippen LogP contribution in [-0.2, 0) is 4.74 Å². The van der Waals surface area contributed by atoms with Gasteiger partial charge in [0.2, 0.25) is 0 Å². The predicted octanol–water partition coefficient (Wildman–Crippen LogP) is 5.39. The predicted molar refractivity (Wildman–Crippen MR) is 113 cm³/mol. The Labute approximate surface area is 175 Å². The van der Waals surface area contributed by atoms with E-state index in [1.807, 2.05) is 50.2 Å². The number of amides is 1. The van der Waals surface area contributed by atoms with E-state index < -0.39 is 0 Å². The zero-order valence-electron chi connectivity index (χ0n) is 16.4. The minimum atomic E-state index is -0.190. The highest BCUT2D eigenvalue weighted by Crippen LogP contribution is 2.24. The Bertz CT molecular complexity index is 754. The van der Waals surface area contributed by atoms with E-state index in [4.69, 9.17) is 9.47 Å². The van der Waals surface area contributed by atoms with E-state index in [1.54, 1.807) is 11.1 Å². The highest BCUT2D eigenvalue weighted by atomic mass is 79.9. The van der Waals surface area contributed by atoms with Crippen LogP contribution in [0.15, 0.2) is 47.1 Å². The molecule has 1 fully saturated rings. The second kappa shape index (κ2) is 9.92. The number of pyridine rings is 1. The lowest BCUT2D eigenvalue weighted by atomic mass is 9.98. The molecular weight excluding hydrogens is 420 g/mol. The summed E-state index contributed by atoms with van der Waals surface area (Å²) in [5, 5.41) is 0. The molecule has 150 valence electrons. The molecule has 1 saturated heterocycles. The highest BCUT2D eigenvalue weighted by Gasteiger charge is 2.24. The molecule has 1 aliphatic rings. The quantitative estimate of drug-likeness (QED) is 0.596. The lowest BCUT2D eigenvalue weighted by Crippen LogP contribution is -2.40. The van der Waals surface area contributed by atoms with Crippen LogP contribution in [-0.4, -0.2) is 42.3 Å². The van der Waals surface area contributed by atoms with E-state index >= 15 is 0 Å². The van der Waals surface area contributed by atoms with Crippen LogP contribution < -0.4 is 4.74 Å². The van der Waals surface area contributed by atoms with Gasteiger partial charge in [-0.25, -0.2) is 4.79 Å². The smallest absolute Gasteiger partial charge is 0.409 e. The van der Waals surface area contributed by atoms with Crippen molar-refractivity contribution < 1.29 is 14.3 Å². The first-order valence-corrected chi connectivity index (χ1v) is 10.6. The van der Waals surface area contributed by atoms with Crippen LogP contribution in [0.3, 0.4) is 0 Å². The van der Waals surface area contributed by atoms with Gasteiger partial charge in [-0.1, -0.05) is 13.8 Å². The van der Waals surface area contributed by atoms with Gasteiger partial charge in [0.05, 0.1) is 18.9 Å². The summed E-state index contributed by atoms with van der Waals surface area (Å²) < 4.78 is 12.2. The van der Waals surface area contributed by atoms with Gasteiger partial charge in [0, 0.05) is 29.3 Å². The number of likely N-dealkylation sites (tertiary alicyclic amines) is 1. The van der Waals surface area contributed by atoms with E-state index in [0.717, 1.165) is 47.4 Å². The van der Waals surface area contributed by atoms with Crippen LogP contribution in [0.4, 0.5) is 4.79 Å². The number of rotatable bonds is 6. The molecule has 0 atom stereocenters. The Morgan fingerprint density at radius 3 is 2.50 bits per heavy atom. The molecule has 0 bridgehead atoms. The maximum absolute atomic E-state index is 12.0. The fourth-order valence-corrected chi connectivity index (χ4v) is 3.33. The lowest BCUT2D eigenvalue weighted by Gasteiger charge is -2.31. The fraction of sp³-hybridized carbons (Fsp3) is 0.455. The van der Waals surface area contributed by atoms with Gasteiger partial charge >= 0.3 is 6.09 Å². The molecule has 28 heavy (non-hydrogen) atoms. The molecule has 2 aromatic rings. The van der Waals surface area contributed by atoms with E-state index in [0.29, 0.717) is 25.0 Å². The molecule has 0 saturated carbocycles. The molecule has 1 aliphatic heterocycles. The first-order chi connectivity index (χ1) is 13.5. The minimum Gasteiger partial charge on any atom is -0.493 e. The first kappa shape index (κ1) is 20.6. The van der Waals surface area contributed by atoms with Gasteiger partial charge in [0.25, 0.3) is 0 Å². The van der Waals surface area contributed by atoms with Gasteiger partial charge in [-0.05, 0) is 77.0 Å². The topological polar surface area (TPSA) is 51.7 Å². The summed E-state index contributed by atoms with van der Waals surface area (Å²) in [6.45, 7) is 6.70. The molecule has 0 spiro atoms. The highest BCUT2D eigenvalue weighted by molar-refractivity contribution is 9.10. The molecule has 0 aliphatic carbocycles. The third-order valence-corrected chi connectivity index (χ3v) is 5.25. The number of halogens is 1. The SMILES string of the molecule is CC(C)COC(=O)N1CCC(COc2ccc(-c3ccc(Br)cn3)cc2)CC1. The van der Waals surface area contributed by atoms with Crippen LogP contribution in [0.5, 0.6) is 5.75 Å². The van der Waals surface area contributed by atoms with Crippen molar-refractivity contribution in [3.63, 3.8) is 0 Å². The van der Waals surface area contributed by atoms with Crippen molar-refractivity contribution >= 4 is 22.0 Å². The minimum absolute atomic E-state index is 0.190. The van der Waals surface area contributed by atoms with Gasteiger partial charge in [-0.3, -0.25) is 4.98 Å². The zero-order chi connectivity index (χ0) is 19.9. The lowest BCUT2D eigenvalue weighted by molar-refractivity contribution is 0.0733. The summed E-state index contributed by atoms with van der Waals surface area (Å²) >= 11 is 3.40. The Morgan fingerprint density at radius 1 is 1.18 bits per heavy atom. The van der Waals surface area contributed by atoms with Gasteiger partial charge in [0.1, 0.15) is 5.75 Å². The molecular formula is C22H27BrN2O3. The number of hydrogen-bond donors (Lipinski definition) is 0. The first-order valence-electron chi connectivity index (χ1n) is 9.77. The van der Waals surface area contributed by atoms with Crippen LogP contribution in [0.1, 0.15) is 26.7 Å². The van der Waals surface area contributed by atoms with Crippen LogP contribution in [0.25, 0.3) is 11.3 Å². The van der Waals surface area contributed by atoms with Gasteiger partial charge < -0.3 is 14.4 Å². The Kier molecular flexibility index (Phi) is 7.31. The van der Waals surface area contributed by atoms with E-state index in [9.17, 15) is 4.79 Å². The number of carbonyl (C=O) groups excluding carboxylic acids is 1. The monoisotopic (exact) mass is 446 g/mol. The number of hydrogen-bond acceptors (Lipinski definition) is 4.